The lowest BCUT2D eigenvalue weighted by molar-refractivity contribution is 0.0926. The number of imide groups is 1. The highest BCUT2D eigenvalue weighted by Gasteiger charge is 2.37. The largest absolute Gasteiger partial charge is 0.497 e. The van der Waals surface area contributed by atoms with Gasteiger partial charge in [-0.05, 0) is 30.3 Å². The first-order valence-corrected chi connectivity index (χ1v) is 6.93. The highest BCUT2D eigenvalue weighted by molar-refractivity contribution is 9.10. The Morgan fingerprint density at radius 1 is 1.05 bits per heavy atom. The number of rotatable bonds is 2. The van der Waals surface area contributed by atoms with Crippen molar-refractivity contribution in [2.45, 2.75) is 0 Å². The minimum Gasteiger partial charge on any atom is -0.497 e. The Hall–Kier alpha value is -2.34. The van der Waals surface area contributed by atoms with Crippen molar-refractivity contribution in [1.29, 1.82) is 0 Å². The maximum Gasteiger partial charge on any atom is 0.266 e. The summed E-state index contributed by atoms with van der Waals surface area (Å²) < 4.78 is 5.88. The minimum atomic E-state index is -0.387. The van der Waals surface area contributed by atoms with E-state index in [1.807, 2.05) is 0 Å². The Kier molecular flexibility index (Phi) is 3.17. The van der Waals surface area contributed by atoms with Crippen LogP contribution in [0.5, 0.6) is 5.75 Å². The Balaban J connectivity index is 2.11. The highest BCUT2D eigenvalue weighted by atomic mass is 79.9. The molecule has 0 aromatic heterocycles. The standard InChI is InChI=1S/C15H11BrN2O3/c1-21-11-5-8(16)4-10(7-11)18-14(19)12-3-2-9(17)6-13(12)15(18)20/h2-7H,17H2,1H3. The van der Waals surface area contributed by atoms with Gasteiger partial charge in [-0.3, -0.25) is 9.59 Å². The first kappa shape index (κ1) is 13.6. The van der Waals surface area contributed by atoms with Gasteiger partial charge in [-0.2, -0.15) is 0 Å². The van der Waals surface area contributed by atoms with Crippen LogP contribution in [0.3, 0.4) is 0 Å². The molecule has 2 aromatic rings. The van der Waals surface area contributed by atoms with E-state index in [0.29, 0.717) is 32.7 Å². The van der Waals surface area contributed by atoms with Crippen LogP contribution in [0.25, 0.3) is 0 Å². The number of nitrogens with two attached hydrogens (primary N) is 1. The Morgan fingerprint density at radius 3 is 2.48 bits per heavy atom. The van der Waals surface area contributed by atoms with Crippen molar-refractivity contribution in [1.82, 2.24) is 0 Å². The lowest BCUT2D eigenvalue weighted by Crippen LogP contribution is -2.29. The first-order valence-electron chi connectivity index (χ1n) is 6.14. The molecule has 0 saturated carbocycles. The number of fused-ring (bicyclic) bond motifs is 1. The van der Waals surface area contributed by atoms with E-state index in [0.717, 1.165) is 4.90 Å². The lowest BCUT2D eigenvalue weighted by atomic mass is 10.1. The highest BCUT2D eigenvalue weighted by Crippen LogP contribution is 2.33. The summed E-state index contributed by atoms with van der Waals surface area (Å²) >= 11 is 3.34. The molecule has 0 unspecified atom stereocenters. The van der Waals surface area contributed by atoms with Crippen molar-refractivity contribution in [3.63, 3.8) is 0 Å². The van der Waals surface area contributed by atoms with E-state index < -0.39 is 0 Å². The van der Waals surface area contributed by atoms with Gasteiger partial charge in [0.05, 0.1) is 23.9 Å². The molecule has 0 radical (unpaired) electrons. The van der Waals surface area contributed by atoms with Crippen LogP contribution in [0, 0.1) is 0 Å². The molecule has 3 rings (SSSR count). The Bertz CT molecular complexity index is 774. The fourth-order valence-corrected chi connectivity index (χ4v) is 2.75. The smallest absolute Gasteiger partial charge is 0.266 e. The molecule has 2 N–H and O–H groups in total. The third-order valence-corrected chi connectivity index (χ3v) is 3.72. The van der Waals surface area contributed by atoms with Crippen LogP contribution < -0.4 is 15.4 Å². The van der Waals surface area contributed by atoms with Gasteiger partial charge in [0.1, 0.15) is 5.75 Å². The average Bonchev–Trinajstić information content (AvgIpc) is 2.69. The van der Waals surface area contributed by atoms with Crippen molar-refractivity contribution in [3.05, 3.63) is 52.0 Å². The van der Waals surface area contributed by atoms with Crippen LogP contribution in [0.4, 0.5) is 11.4 Å². The molecule has 2 aromatic carbocycles. The number of amides is 2. The molecule has 0 atom stereocenters. The molecule has 1 aliphatic rings. The SMILES string of the molecule is COc1cc(Br)cc(N2C(=O)c3ccc(N)cc3C2=O)c1. The summed E-state index contributed by atoms with van der Waals surface area (Å²) in [5, 5.41) is 0. The lowest BCUT2D eigenvalue weighted by Gasteiger charge is -2.15. The number of anilines is 2. The molecule has 106 valence electrons. The molecule has 0 aliphatic carbocycles. The van der Waals surface area contributed by atoms with Gasteiger partial charge in [-0.15, -0.1) is 0 Å². The third kappa shape index (κ3) is 2.17. The Morgan fingerprint density at radius 2 is 1.76 bits per heavy atom. The van der Waals surface area contributed by atoms with Crippen molar-refractivity contribution in [2.75, 3.05) is 17.7 Å². The fourth-order valence-electron chi connectivity index (χ4n) is 2.29. The van der Waals surface area contributed by atoms with Gasteiger partial charge in [0, 0.05) is 16.2 Å². The molecule has 0 spiro atoms. The van der Waals surface area contributed by atoms with E-state index in [9.17, 15) is 9.59 Å². The van der Waals surface area contributed by atoms with Gasteiger partial charge in [0.15, 0.2) is 0 Å². The minimum absolute atomic E-state index is 0.318. The third-order valence-electron chi connectivity index (χ3n) is 3.26. The van der Waals surface area contributed by atoms with Crippen LogP contribution in [-0.4, -0.2) is 18.9 Å². The second-order valence-electron chi connectivity index (χ2n) is 4.60. The maximum atomic E-state index is 12.5. The zero-order chi connectivity index (χ0) is 15.1. The van der Waals surface area contributed by atoms with E-state index in [-0.39, 0.29) is 11.8 Å². The second kappa shape index (κ2) is 4.89. The van der Waals surface area contributed by atoms with Gasteiger partial charge < -0.3 is 10.5 Å². The van der Waals surface area contributed by atoms with Crippen molar-refractivity contribution in [2.24, 2.45) is 0 Å². The van der Waals surface area contributed by atoms with Gasteiger partial charge >= 0.3 is 0 Å². The number of hydrogen-bond acceptors (Lipinski definition) is 4. The number of nitrogen functional groups attached to an aromatic ring is 1. The van der Waals surface area contributed by atoms with Crippen molar-refractivity contribution < 1.29 is 14.3 Å². The van der Waals surface area contributed by atoms with E-state index in [4.69, 9.17) is 10.5 Å². The van der Waals surface area contributed by atoms with Gasteiger partial charge in [0.25, 0.3) is 11.8 Å². The van der Waals surface area contributed by atoms with Crippen LogP contribution in [0.1, 0.15) is 20.7 Å². The van der Waals surface area contributed by atoms with Crippen LogP contribution in [0.2, 0.25) is 0 Å². The zero-order valence-corrected chi connectivity index (χ0v) is 12.7. The van der Waals surface area contributed by atoms with E-state index in [1.165, 1.54) is 13.2 Å². The van der Waals surface area contributed by atoms with Gasteiger partial charge in [-0.1, -0.05) is 15.9 Å². The molecular formula is C15H11BrN2O3. The number of methoxy groups -OCH3 is 1. The number of halogens is 1. The second-order valence-corrected chi connectivity index (χ2v) is 5.52. The van der Waals surface area contributed by atoms with E-state index in [1.54, 1.807) is 30.3 Å². The number of benzene rings is 2. The molecule has 2 amide bonds. The predicted molar refractivity (Wildman–Crippen MR) is 82.7 cm³/mol. The molecule has 1 aliphatic heterocycles. The summed E-state index contributed by atoms with van der Waals surface area (Å²) in [4.78, 5) is 26.0. The number of carbonyl (C=O) groups is 2. The summed E-state index contributed by atoms with van der Waals surface area (Å²) in [7, 11) is 1.52. The molecule has 1 heterocycles. The molecule has 0 fully saturated rings. The summed E-state index contributed by atoms with van der Waals surface area (Å²) in [6.45, 7) is 0. The molecule has 0 bridgehead atoms. The van der Waals surface area contributed by atoms with Gasteiger partial charge in [0.2, 0.25) is 0 Å². The zero-order valence-electron chi connectivity index (χ0n) is 11.1. The van der Waals surface area contributed by atoms with Crippen LogP contribution >= 0.6 is 15.9 Å². The molecule has 5 nitrogen and oxygen atoms in total. The molecular weight excluding hydrogens is 336 g/mol. The number of nitrogens with zero attached hydrogens (tertiary/aromatic N) is 1. The molecule has 21 heavy (non-hydrogen) atoms. The van der Waals surface area contributed by atoms with E-state index >= 15 is 0 Å². The quantitative estimate of drug-likeness (QED) is 0.670. The first-order chi connectivity index (χ1) is 10.0. The topological polar surface area (TPSA) is 72.6 Å². The van der Waals surface area contributed by atoms with Crippen molar-refractivity contribution >= 4 is 39.1 Å². The normalized spacial score (nSPS) is 13.5. The number of carbonyl (C=O) groups excluding carboxylic acids is 2. The molecule has 6 heteroatoms. The van der Waals surface area contributed by atoms with Gasteiger partial charge in [-0.25, -0.2) is 4.90 Å². The van der Waals surface area contributed by atoms with E-state index in [2.05, 4.69) is 15.9 Å². The summed E-state index contributed by atoms with van der Waals surface area (Å²) in [6, 6.07) is 9.77. The van der Waals surface area contributed by atoms with Crippen LogP contribution in [-0.2, 0) is 0 Å². The summed E-state index contributed by atoms with van der Waals surface area (Å²) in [6.07, 6.45) is 0. The molecule has 0 saturated heterocycles. The predicted octanol–water partition coefficient (Wildman–Crippen LogP) is 2.84. The summed E-state index contributed by atoms with van der Waals surface area (Å²) in [5.74, 6) is -0.201. The Labute approximate surface area is 129 Å². The number of ether oxygens (including phenoxy) is 1. The average molecular weight is 347 g/mol. The summed E-state index contributed by atoms with van der Waals surface area (Å²) in [5.41, 5.74) is 7.25. The number of hydrogen-bond donors (Lipinski definition) is 1. The fraction of sp³-hybridized carbons (Fsp3) is 0.0667. The maximum absolute atomic E-state index is 12.5. The van der Waals surface area contributed by atoms with Crippen molar-refractivity contribution in [3.8, 4) is 5.75 Å². The van der Waals surface area contributed by atoms with Crippen LogP contribution in [0.15, 0.2) is 40.9 Å². The monoisotopic (exact) mass is 346 g/mol.